The Hall–Kier alpha value is -0.640. The van der Waals surface area contributed by atoms with Crippen LogP contribution in [0.5, 0.6) is 0 Å². The van der Waals surface area contributed by atoms with Gasteiger partial charge in [0.25, 0.3) is 5.56 Å². The highest BCUT2D eigenvalue weighted by Crippen LogP contribution is 2.37. The molecule has 1 aromatic heterocycles. The van der Waals surface area contributed by atoms with Crippen molar-refractivity contribution in [2.24, 2.45) is 11.8 Å². The monoisotopic (exact) mass is 326 g/mol. The van der Waals surface area contributed by atoms with E-state index in [9.17, 15) is 4.79 Å². The summed E-state index contributed by atoms with van der Waals surface area (Å²) in [5.41, 5.74) is 0.845. The maximum Gasteiger partial charge on any atom is 0.265 e. The molecule has 106 valence electrons. The van der Waals surface area contributed by atoms with E-state index in [0.29, 0.717) is 10.4 Å². The van der Waals surface area contributed by atoms with E-state index in [0.717, 1.165) is 42.6 Å². The number of nitrogens with zero attached hydrogens (tertiary/aromatic N) is 1. The van der Waals surface area contributed by atoms with Crippen molar-refractivity contribution in [3.8, 4) is 0 Å². The van der Waals surface area contributed by atoms with Crippen molar-refractivity contribution in [3.63, 3.8) is 0 Å². The van der Waals surface area contributed by atoms with Crippen molar-refractivity contribution in [2.75, 3.05) is 0 Å². The highest BCUT2D eigenvalue weighted by atomic mass is 79.9. The Kier molecular flexibility index (Phi) is 4.82. The van der Waals surface area contributed by atoms with Crippen molar-refractivity contribution < 1.29 is 0 Å². The van der Waals surface area contributed by atoms with Crippen LogP contribution in [0.3, 0.4) is 0 Å². The molecule has 1 N–H and O–H groups in total. The summed E-state index contributed by atoms with van der Waals surface area (Å²) in [5, 5.41) is 0. The Morgan fingerprint density at radius 2 is 1.95 bits per heavy atom. The molecule has 0 unspecified atom stereocenters. The standard InChI is InChI=1S/C15H23BrN2O/c1-4-12-13(16)15(19)18-14(17-12)11-7-5-10(6-8-11)9(2)3/h9-11H,4-8H2,1-3H3,(H,17,18,19). The molecular formula is C15H23BrN2O. The average molecular weight is 327 g/mol. The molecule has 1 aromatic rings. The molecule has 1 heterocycles. The number of halogens is 1. The summed E-state index contributed by atoms with van der Waals surface area (Å²) in [6.45, 7) is 6.64. The Morgan fingerprint density at radius 3 is 2.47 bits per heavy atom. The van der Waals surface area contributed by atoms with Gasteiger partial charge in [0.15, 0.2) is 0 Å². The van der Waals surface area contributed by atoms with Crippen molar-refractivity contribution in [1.82, 2.24) is 9.97 Å². The quantitative estimate of drug-likeness (QED) is 0.911. The van der Waals surface area contributed by atoms with Gasteiger partial charge in [-0.05, 0) is 59.9 Å². The van der Waals surface area contributed by atoms with Crippen LogP contribution in [0.25, 0.3) is 0 Å². The van der Waals surface area contributed by atoms with Crippen LogP contribution in [0.1, 0.15) is 63.9 Å². The van der Waals surface area contributed by atoms with E-state index < -0.39 is 0 Å². The van der Waals surface area contributed by atoms with Crippen LogP contribution in [-0.2, 0) is 6.42 Å². The smallest absolute Gasteiger partial charge is 0.265 e. The Morgan fingerprint density at radius 1 is 1.32 bits per heavy atom. The average Bonchev–Trinajstić information content (AvgIpc) is 2.41. The molecule has 0 radical (unpaired) electrons. The first kappa shape index (κ1) is 14.8. The second-order valence-corrected chi connectivity index (χ2v) is 6.71. The second kappa shape index (κ2) is 6.21. The van der Waals surface area contributed by atoms with Gasteiger partial charge >= 0.3 is 0 Å². The van der Waals surface area contributed by atoms with E-state index in [1.165, 1.54) is 12.8 Å². The number of rotatable bonds is 3. The van der Waals surface area contributed by atoms with Gasteiger partial charge < -0.3 is 4.98 Å². The van der Waals surface area contributed by atoms with Crippen LogP contribution < -0.4 is 5.56 Å². The fourth-order valence-corrected chi connectivity index (χ4v) is 3.48. The molecule has 3 nitrogen and oxygen atoms in total. The Labute approximate surface area is 123 Å². The fourth-order valence-electron chi connectivity index (χ4n) is 3.01. The van der Waals surface area contributed by atoms with Gasteiger partial charge in [0.05, 0.1) is 5.69 Å². The summed E-state index contributed by atoms with van der Waals surface area (Å²) in [7, 11) is 0. The number of H-pyrrole nitrogens is 1. The summed E-state index contributed by atoms with van der Waals surface area (Å²) < 4.78 is 0.592. The van der Waals surface area contributed by atoms with E-state index in [1.807, 2.05) is 6.92 Å². The van der Waals surface area contributed by atoms with E-state index in [-0.39, 0.29) is 5.56 Å². The van der Waals surface area contributed by atoms with Crippen LogP contribution in [0, 0.1) is 11.8 Å². The van der Waals surface area contributed by atoms with Gasteiger partial charge in [0, 0.05) is 5.92 Å². The Bertz CT molecular complexity index is 487. The van der Waals surface area contributed by atoms with Gasteiger partial charge in [-0.3, -0.25) is 4.79 Å². The van der Waals surface area contributed by atoms with E-state index >= 15 is 0 Å². The molecule has 0 aromatic carbocycles. The molecule has 2 rings (SSSR count). The first-order valence-corrected chi connectivity index (χ1v) is 8.10. The van der Waals surface area contributed by atoms with Gasteiger partial charge in [-0.15, -0.1) is 0 Å². The first-order chi connectivity index (χ1) is 9.02. The predicted octanol–water partition coefficient (Wildman–Crippen LogP) is 4.02. The minimum Gasteiger partial charge on any atom is -0.309 e. The lowest BCUT2D eigenvalue weighted by Gasteiger charge is -2.30. The number of hydrogen-bond acceptors (Lipinski definition) is 2. The number of aromatic amines is 1. The summed E-state index contributed by atoms with van der Waals surface area (Å²) in [6.07, 6.45) is 5.60. The molecule has 4 heteroatoms. The number of hydrogen-bond donors (Lipinski definition) is 1. The summed E-state index contributed by atoms with van der Waals surface area (Å²) >= 11 is 3.32. The van der Waals surface area contributed by atoms with Crippen molar-refractivity contribution in [1.29, 1.82) is 0 Å². The van der Waals surface area contributed by atoms with E-state index in [2.05, 4.69) is 39.7 Å². The molecule has 0 aliphatic heterocycles. The zero-order valence-corrected chi connectivity index (χ0v) is 13.6. The fraction of sp³-hybridized carbons (Fsp3) is 0.733. The predicted molar refractivity (Wildman–Crippen MR) is 81.5 cm³/mol. The summed E-state index contributed by atoms with van der Waals surface area (Å²) in [5.74, 6) is 2.93. The van der Waals surface area contributed by atoms with Crippen LogP contribution in [-0.4, -0.2) is 9.97 Å². The van der Waals surface area contributed by atoms with Crippen LogP contribution >= 0.6 is 15.9 Å². The third kappa shape index (κ3) is 3.28. The van der Waals surface area contributed by atoms with E-state index in [4.69, 9.17) is 0 Å². The molecule has 0 saturated heterocycles. The molecule has 1 fully saturated rings. The highest BCUT2D eigenvalue weighted by molar-refractivity contribution is 9.10. The lowest BCUT2D eigenvalue weighted by atomic mass is 9.77. The molecule has 0 bridgehead atoms. The lowest BCUT2D eigenvalue weighted by molar-refractivity contribution is 0.254. The zero-order chi connectivity index (χ0) is 14.0. The third-order valence-electron chi connectivity index (χ3n) is 4.39. The maximum absolute atomic E-state index is 11.9. The number of aryl methyl sites for hydroxylation is 1. The van der Waals surface area contributed by atoms with Gasteiger partial charge in [0.2, 0.25) is 0 Å². The molecule has 0 atom stereocenters. The lowest BCUT2D eigenvalue weighted by Crippen LogP contribution is -2.22. The molecule has 1 aliphatic carbocycles. The first-order valence-electron chi connectivity index (χ1n) is 7.31. The van der Waals surface area contributed by atoms with E-state index in [1.54, 1.807) is 0 Å². The van der Waals surface area contributed by atoms with Gasteiger partial charge in [0.1, 0.15) is 10.3 Å². The zero-order valence-electron chi connectivity index (χ0n) is 12.0. The molecule has 19 heavy (non-hydrogen) atoms. The number of nitrogens with one attached hydrogen (secondary N) is 1. The molecule has 1 aliphatic rings. The summed E-state index contributed by atoms with van der Waals surface area (Å²) in [4.78, 5) is 19.5. The second-order valence-electron chi connectivity index (χ2n) is 5.92. The SMILES string of the molecule is CCc1nc(C2CCC(C(C)C)CC2)[nH]c(=O)c1Br. The highest BCUT2D eigenvalue weighted by Gasteiger charge is 2.26. The van der Waals surface area contributed by atoms with Gasteiger partial charge in [-0.2, -0.15) is 0 Å². The van der Waals surface area contributed by atoms with Crippen LogP contribution in [0.4, 0.5) is 0 Å². The molecular weight excluding hydrogens is 304 g/mol. The molecule has 0 amide bonds. The number of aromatic nitrogens is 2. The molecule has 0 spiro atoms. The van der Waals surface area contributed by atoms with Gasteiger partial charge in [-0.1, -0.05) is 20.8 Å². The summed E-state index contributed by atoms with van der Waals surface area (Å²) in [6, 6.07) is 0. The minimum atomic E-state index is -0.0344. The largest absolute Gasteiger partial charge is 0.309 e. The third-order valence-corrected chi connectivity index (χ3v) is 5.20. The van der Waals surface area contributed by atoms with Gasteiger partial charge in [-0.25, -0.2) is 4.98 Å². The van der Waals surface area contributed by atoms with Crippen molar-refractivity contribution in [2.45, 2.75) is 58.8 Å². The Balaban J connectivity index is 2.16. The van der Waals surface area contributed by atoms with Crippen LogP contribution in [0.2, 0.25) is 0 Å². The molecule has 1 saturated carbocycles. The van der Waals surface area contributed by atoms with Crippen molar-refractivity contribution >= 4 is 15.9 Å². The van der Waals surface area contributed by atoms with Crippen LogP contribution in [0.15, 0.2) is 9.27 Å². The normalized spacial score (nSPS) is 23.8. The van der Waals surface area contributed by atoms with Crippen molar-refractivity contribution in [3.05, 3.63) is 26.3 Å². The minimum absolute atomic E-state index is 0.0344. The topological polar surface area (TPSA) is 45.8 Å². The maximum atomic E-state index is 11.9.